The lowest BCUT2D eigenvalue weighted by molar-refractivity contribution is -0.904. The van der Waals surface area contributed by atoms with Gasteiger partial charge in [0.15, 0.2) is 12.6 Å². The Bertz CT molecular complexity index is 770. The van der Waals surface area contributed by atoms with Crippen molar-refractivity contribution in [1.29, 1.82) is 5.26 Å². The van der Waals surface area contributed by atoms with Crippen LogP contribution in [0.4, 0.5) is 11.4 Å². The molecule has 3 atom stereocenters. The van der Waals surface area contributed by atoms with Gasteiger partial charge in [-0.1, -0.05) is 13.8 Å². The van der Waals surface area contributed by atoms with E-state index in [1.807, 2.05) is 20.8 Å². The van der Waals surface area contributed by atoms with E-state index in [2.05, 4.69) is 22.0 Å². The summed E-state index contributed by atoms with van der Waals surface area (Å²) in [4.78, 5) is 36.9. The normalized spacial score (nSPS) is 14.8. The molecule has 0 saturated heterocycles. The average molecular weight is 403 g/mol. The van der Waals surface area contributed by atoms with E-state index in [4.69, 9.17) is 0 Å². The van der Waals surface area contributed by atoms with Gasteiger partial charge >= 0.3 is 0 Å². The fourth-order valence-corrected chi connectivity index (χ4v) is 2.69. The first-order chi connectivity index (χ1) is 13.5. The van der Waals surface area contributed by atoms with Gasteiger partial charge in [-0.2, -0.15) is 5.26 Å². The Morgan fingerprint density at radius 2 is 1.62 bits per heavy atom. The molecule has 8 nitrogen and oxygen atoms in total. The Morgan fingerprint density at radius 1 is 1.10 bits per heavy atom. The van der Waals surface area contributed by atoms with Crippen LogP contribution in [0.3, 0.4) is 0 Å². The molecule has 0 heterocycles. The largest absolute Gasteiger partial charge is 0.333 e. The number of carbonyl (C=O) groups is 3. The van der Waals surface area contributed by atoms with Crippen LogP contribution in [0.1, 0.15) is 41.5 Å². The number of nitrogens with one attached hydrogen (secondary N) is 4. The van der Waals surface area contributed by atoms with E-state index in [1.165, 1.54) is 6.92 Å². The van der Waals surface area contributed by atoms with Crippen LogP contribution in [0.5, 0.6) is 0 Å². The van der Waals surface area contributed by atoms with Crippen LogP contribution < -0.4 is 20.9 Å². The van der Waals surface area contributed by atoms with Crippen molar-refractivity contribution in [3.63, 3.8) is 0 Å². The lowest BCUT2D eigenvalue weighted by atomic mass is 9.89. The minimum Gasteiger partial charge on any atom is -0.333 e. The van der Waals surface area contributed by atoms with E-state index in [1.54, 1.807) is 38.1 Å². The lowest BCUT2D eigenvalue weighted by Gasteiger charge is -2.30. The van der Waals surface area contributed by atoms with Gasteiger partial charge < -0.3 is 20.9 Å². The molecule has 1 unspecified atom stereocenters. The number of nitrogens with zero attached hydrogens (tertiary/aromatic N) is 1. The molecule has 1 aromatic carbocycles. The van der Waals surface area contributed by atoms with Crippen LogP contribution in [0, 0.1) is 17.2 Å². The second kappa shape index (κ2) is 10.6. The molecule has 1 rings (SSSR count). The highest BCUT2D eigenvalue weighted by atomic mass is 16.2. The molecule has 8 heteroatoms. The van der Waals surface area contributed by atoms with Crippen molar-refractivity contribution in [1.82, 2.24) is 5.32 Å². The molecule has 0 fully saturated rings. The van der Waals surface area contributed by atoms with E-state index >= 15 is 0 Å². The van der Waals surface area contributed by atoms with Gasteiger partial charge in [0.1, 0.15) is 5.54 Å². The lowest BCUT2D eigenvalue weighted by Crippen LogP contribution is -3.17. The zero-order valence-electron chi connectivity index (χ0n) is 18.1. The predicted octanol–water partition coefficient (Wildman–Crippen LogP) is 0.931. The fraction of sp³-hybridized carbons (Fsp3) is 0.524. The maximum Gasteiger partial charge on any atom is 0.279 e. The van der Waals surface area contributed by atoms with Crippen molar-refractivity contribution < 1.29 is 19.3 Å². The first kappa shape index (κ1) is 24.1. The SMILES string of the molecule is CC[NH+](CC(=O)Nc1ccc(NC(C)=O)cc1)[C@@H](C)C(=O)N[C@@](C)(C#N)C(C)C. The summed E-state index contributed by atoms with van der Waals surface area (Å²) < 4.78 is 0. The van der Waals surface area contributed by atoms with Gasteiger partial charge in [-0.15, -0.1) is 0 Å². The summed E-state index contributed by atoms with van der Waals surface area (Å²) in [5, 5.41) is 17.7. The highest BCUT2D eigenvalue weighted by Crippen LogP contribution is 2.15. The molecule has 3 amide bonds. The van der Waals surface area contributed by atoms with Gasteiger partial charge in [0.05, 0.1) is 12.6 Å². The molecule has 29 heavy (non-hydrogen) atoms. The molecule has 0 bridgehead atoms. The molecule has 1 aromatic rings. The van der Waals surface area contributed by atoms with Crippen molar-refractivity contribution in [3.05, 3.63) is 24.3 Å². The first-order valence-corrected chi connectivity index (χ1v) is 9.77. The standard InChI is InChI=1S/C21H31N5O3/c1-7-26(15(4)20(29)25-21(6,13-22)14(2)3)12-19(28)24-18-10-8-17(9-11-18)23-16(5)27/h8-11,14-15H,7,12H2,1-6H3,(H,23,27)(H,24,28)(H,25,29)/p+1/t15-,21-/m0/s1. The van der Waals surface area contributed by atoms with Crippen LogP contribution in [-0.4, -0.2) is 42.4 Å². The molecule has 158 valence electrons. The Balaban J connectivity index is 2.71. The maximum absolute atomic E-state index is 12.6. The molecule has 0 spiro atoms. The molecule has 0 radical (unpaired) electrons. The summed E-state index contributed by atoms with van der Waals surface area (Å²) in [5.74, 6) is -0.688. The Morgan fingerprint density at radius 3 is 2.03 bits per heavy atom. The van der Waals surface area contributed by atoms with Crippen LogP contribution in [-0.2, 0) is 14.4 Å². The van der Waals surface area contributed by atoms with Crippen LogP contribution in [0.15, 0.2) is 24.3 Å². The first-order valence-electron chi connectivity index (χ1n) is 9.77. The van der Waals surface area contributed by atoms with Crippen LogP contribution in [0.25, 0.3) is 0 Å². The third-order valence-electron chi connectivity index (χ3n) is 5.11. The summed E-state index contributed by atoms with van der Waals surface area (Å²) in [7, 11) is 0. The minimum atomic E-state index is -0.956. The number of likely N-dealkylation sites (N-methyl/N-ethyl adjacent to an activating group) is 1. The third kappa shape index (κ3) is 7.20. The molecular formula is C21H32N5O3+. The molecule has 0 aliphatic carbocycles. The van der Waals surface area contributed by atoms with Crippen molar-refractivity contribution in [2.24, 2.45) is 5.92 Å². The van der Waals surface area contributed by atoms with Gasteiger partial charge in [0.2, 0.25) is 5.91 Å². The monoisotopic (exact) mass is 402 g/mol. The van der Waals surface area contributed by atoms with Crippen molar-refractivity contribution in [2.45, 2.75) is 53.1 Å². The fourth-order valence-electron chi connectivity index (χ4n) is 2.69. The number of anilines is 2. The Kier molecular flexibility index (Phi) is 8.80. The van der Waals surface area contributed by atoms with E-state index in [0.717, 1.165) is 4.90 Å². The number of hydrogen-bond donors (Lipinski definition) is 4. The highest BCUT2D eigenvalue weighted by Gasteiger charge is 2.34. The number of nitriles is 1. The number of carbonyl (C=O) groups excluding carboxylic acids is 3. The zero-order valence-corrected chi connectivity index (χ0v) is 18.1. The van der Waals surface area contributed by atoms with Gasteiger partial charge in [0, 0.05) is 18.3 Å². The quantitative estimate of drug-likeness (QED) is 0.492. The van der Waals surface area contributed by atoms with E-state index < -0.39 is 11.6 Å². The predicted molar refractivity (Wildman–Crippen MR) is 112 cm³/mol. The zero-order chi connectivity index (χ0) is 22.2. The van der Waals surface area contributed by atoms with Gasteiger partial charge in [-0.25, -0.2) is 0 Å². The van der Waals surface area contributed by atoms with Crippen LogP contribution >= 0.6 is 0 Å². The highest BCUT2D eigenvalue weighted by molar-refractivity contribution is 5.93. The van der Waals surface area contributed by atoms with Crippen molar-refractivity contribution in [2.75, 3.05) is 23.7 Å². The molecule has 0 aliphatic heterocycles. The molecule has 0 saturated carbocycles. The smallest absolute Gasteiger partial charge is 0.279 e. The number of rotatable bonds is 9. The van der Waals surface area contributed by atoms with Gasteiger partial charge in [-0.05, 0) is 51.0 Å². The summed E-state index contributed by atoms with van der Waals surface area (Å²) in [6.45, 7) is 11.2. The Labute approximate surface area is 172 Å². The number of benzene rings is 1. The molecular weight excluding hydrogens is 370 g/mol. The summed E-state index contributed by atoms with van der Waals surface area (Å²) in [6, 6.07) is 8.48. The summed E-state index contributed by atoms with van der Waals surface area (Å²) >= 11 is 0. The van der Waals surface area contributed by atoms with Crippen molar-refractivity contribution >= 4 is 29.1 Å². The topological polar surface area (TPSA) is 116 Å². The van der Waals surface area contributed by atoms with Crippen LogP contribution in [0.2, 0.25) is 0 Å². The molecule has 0 aliphatic rings. The maximum atomic E-state index is 12.6. The minimum absolute atomic E-state index is 0.0440. The Hall–Kier alpha value is -2.92. The number of hydrogen-bond acceptors (Lipinski definition) is 4. The second-order valence-corrected chi connectivity index (χ2v) is 7.68. The van der Waals surface area contributed by atoms with E-state index in [9.17, 15) is 19.6 Å². The summed E-state index contributed by atoms with van der Waals surface area (Å²) in [5.41, 5.74) is 0.295. The second-order valence-electron chi connectivity index (χ2n) is 7.68. The van der Waals surface area contributed by atoms with Gasteiger partial charge in [0.25, 0.3) is 11.8 Å². The molecule has 0 aromatic heterocycles. The van der Waals surface area contributed by atoms with Crippen molar-refractivity contribution in [3.8, 4) is 6.07 Å². The number of quaternary nitrogens is 1. The van der Waals surface area contributed by atoms with E-state index in [0.29, 0.717) is 17.9 Å². The summed E-state index contributed by atoms with van der Waals surface area (Å²) in [6.07, 6.45) is 0. The molecule has 4 N–H and O–H groups in total. The average Bonchev–Trinajstić information content (AvgIpc) is 2.66. The van der Waals surface area contributed by atoms with E-state index in [-0.39, 0.29) is 30.2 Å². The third-order valence-corrected chi connectivity index (χ3v) is 5.11. The van der Waals surface area contributed by atoms with Gasteiger partial charge in [-0.3, -0.25) is 14.4 Å². The number of amides is 3.